The maximum atomic E-state index is 12.1. The van der Waals surface area contributed by atoms with E-state index in [0.717, 1.165) is 10.9 Å². The van der Waals surface area contributed by atoms with E-state index in [-0.39, 0.29) is 12.1 Å². The molecule has 2 aliphatic rings. The van der Waals surface area contributed by atoms with E-state index in [9.17, 15) is 9.90 Å². The van der Waals surface area contributed by atoms with Crippen LogP contribution in [0.15, 0.2) is 12.3 Å². The van der Waals surface area contributed by atoms with Gasteiger partial charge in [0, 0.05) is 23.5 Å². The number of aromatic nitrogens is 1. The molecule has 114 valence electrons. The number of halogens is 1. The van der Waals surface area contributed by atoms with Gasteiger partial charge < -0.3 is 15.2 Å². The van der Waals surface area contributed by atoms with Crippen molar-refractivity contribution in [3.63, 3.8) is 0 Å². The van der Waals surface area contributed by atoms with Crippen LogP contribution in [0.1, 0.15) is 25.3 Å². The Bertz CT molecular complexity index is 556. The highest BCUT2D eigenvalue weighted by Gasteiger charge is 2.45. The van der Waals surface area contributed by atoms with Crippen LogP contribution >= 0.6 is 15.9 Å². The number of hydrogen-bond donors (Lipinski definition) is 2. The SMILES string of the molecule is C[C@]1(O)C[C@@H](N2C(=O)NCc3cc(OCCBr)cnc32)C1. The van der Waals surface area contributed by atoms with Crippen molar-refractivity contribution in [1.82, 2.24) is 10.3 Å². The summed E-state index contributed by atoms with van der Waals surface area (Å²) >= 11 is 3.31. The molecule has 1 aromatic rings. The third kappa shape index (κ3) is 2.85. The lowest BCUT2D eigenvalue weighted by Gasteiger charge is -2.47. The van der Waals surface area contributed by atoms with Crippen molar-refractivity contribution in [3.05, 3.63) is 17.8 Å². The standard InChI is InChI=1S/C14H18BrN3O3/c1-14(20)5-10(6-14)18-12-9(7-17-13(18)19)4-11(8-16-12)21-3-2-15/h4,8,10,20H,2-3,5-7H2,1H3,(H,17,19)/t10-,14+. The minimum atomic E-state index is -0.679. The molecule has 2 N–H and O–H groups in total. The van der Waals surface area contributed by atoms with E-state index in [0.29, 0.717) is 37.6 Å². The van der Waals surface area contributed by atoms with Gasteiger partial charge >= 0.3 is 6.03 Å². The van der Waals surface area contributed by atoms with E-state index in [1.807, 2.05) is 6.07 Å². The maximum Gasteiger partial charge on any atom is 0.323 e. The molecule has 2 heterocycles. The number of nitrogens with zero attached hydrogens (tertiary/aromatic N) is 2. The number of anilines is 1. The average Bonchev–Trinajstić information content (AvgIpc) is 2.42. The Labute approximate surface area is 131 Å². The number of fused-ring (bicyclic) bond motifs is 1. The molecule has 1 aliphatic heterocycles. The zero-order valence-corrected chi connectivity index (χ0v) is 13.4. The first-order valence-corrected chi connectivity index (χ1v) is 8.09. The number of amides is 2. The second kappa shape index (κ2) is 5.46. The van der Waals surface area contributed by atoms with Crippen LogP contribution in [-0.4, -0.2) is 39.7 Å². The highest BCUT2D eigenvalue weighted by molar-refractivity contribution is 9.09. The number of aliphatic hydroxyl groups is 1. The van der Waals surface area contributed by atoms with Gasteiger partial charge in [-0.15, -0.1) is 0 Å². The summed E-state index contributed by atoms with van der Waals surface area (Å²) in [5.41, 5.74) is 0.259. The summed E-state index contributed by atoms with van der Waals surface area (Å²) in [5, 5.41) is 13.5. The van der Waals surface area contributed by atoms with E-state index >= 15 is 0 Å². The molecule has 0 atom stereocenters. The summed E-state index contributed by atoms with van der Waals surface area (Å²) < 4.78 is 5.54. The van der Waals surface area contributed by atoms with Crippen molar-refractivity contribution in [2.24, 2.45) is 0 Å². The predicted molar refractivity (Wildman–Crippen MR) is 81.9 cm³/mol. The van der Waals surface area contributed by atoms with E-state index < -0.39 is 5.60 Å². The lowest BCUT2D eigenvalue weighted by Crippen LogP contribution is -2.59. The lowest BCUT2D eigenvalue weighted by molar-refractivity contribution is -0.0292. The summed E-state index contributed by atoms with van der Waals surface area (Å²) in [7, 11) is 0. The van der Waals surface area contributed by atoms with Crippen molar-refractivity contribution in [2.75, 3.05) is 16.8 Å². The molecule has 3 rings (SSSR count). The second-order valence-corrected chi connectivity index (χ2v) is 6.57. The minimum absolute atomic E-state index is 0.000796. The highest BCUT2D eigenvalue weighted by atomic mass is 79.9. The monoisotopic (exact) mass is 355 g/mol. The third-order valence-electron chi connectivity index (χ3n) is 3.86. The van der Waals surface area contributed by atoms with Crippen molar-refractivity contribution in [1.29, 1.82) is 0 Å². The molecule has 2 amide bonds. The van der Waals surface area contributed by atoms with Crippen LogP contribution < -0.4 is 15.0 Å². The van der Waals surface area contributed by atoms with Gasteiger partial charge in [0.05, 0.1) is 18.4 Å². The molecule has 0 aromatic carbocycles. The van der Waals surface area contributed by atoms with Gasteiger partial charge in [-0.2, -0.15) is 0 Å². The molecule has 0 unspecified atom stereocenters. The zero-order valence-electron chi connectivity index (χ0n) is 11.8. The number of carbonyl (C=O) groups is 1. The minimum Gasteiger partial charge on any atom is -0.491 e. The van der Waals surface area contributed by atoms with Crippen LogP contribution in [0, 0.1) is 0 Å². The largest absolute Gasteiger partial charge is 0.491 e. The fourth-order valence-corrected chi connectivity index (χ4v) is 3.05. The van der Waals surface area contributed by atoms with Crippen molar-refractivity contribution >= 4 is 27.8 Å². The number of ether oxygens (including phenoxy) is 1. The number of urea groups is 1. The zero-order chi connectivity index (χ0) is 15.0. The normalized spacial score (nSPS) is 27.7. The molecule has 1 saturated carbocycles. The first kappa shape index (κ1) is 14.6. The second-order valence-electron chi connectivity index (χ2n) is 5.78. The molecule has 1 aliphatic carbocycles. The van der Waals surface area contributed by atoms with E-state index in [2.05, 4.69) is 26.2 Å². The molecule has 0 saturated heterocycles. The van der Waals surface area contributed by atoms with Crippen LogP contribution in [0.2, 0.25) is 0 Å². The van der Waals surface area contributed by atoms with Crippen molar-refractivity contribution in [3.8, 4) is 5.75 Å². The Morgan fingerprint density at radius 2 is 2.38 bits per heavy atom. The molecule has 1 aromatic heterocycles. The molecule has 21 heavy (non-hydrogen) atoms. The molecule has 0 bridgehead atoms. The van der Waals surface area contributed by atoms with Crippen LogP contribution in [0.4, 0.5) is 10.6 Å². The Morgan fingerprint density at radius 1 is 1.62 bits per heavy atom. The van der Waals surface area contributed by atoms with Gasteiger partial charge in [0.25, 0.3) is 0 Å². The van der Waals surface area contributed by atoms with Crippen molar-refractivity contribution in [2.45, 2.75) is 38.0 Å². The Hall–Kier alpha value is -1.34. The first-order chi connectivity index (χ1) is 10.00. The third-order valence-corrected chi connectivity index (χ3v) is 4.18. The number of nitrogens with one attached hydrogen (secondary N) is 1. The van der Waals surface area contributed by atoms with Gasteiger partial charge in [-0.3, -0.25) is 4.90 Å². The summed E-state index contributed by atoms with van der Waals surface area (Å²) in [6.07, 6.45) is 2.79. The van der Waals surface area contributed by atoms with Gasteiger partial charge in [-0.05, 0) is 25.8 Å². The number of hydrogen-bond acceptors (Lipinski definition) is 4. The van der Waals surface area contributed by atoms with E-state index in [4.69, 9.17) is 4.74 Å². The number of rotatable bonds is 4. The molecule has 0 radical (unpaired) electrons. The fraction of sp³-hybridized carbons (Fsp3) is 0.571. The Kier molecular flexibility index (Phi) is 3.79. The van der Waals surface area contributed by atoms with Gasteiger partial charge in [-0.25, -0.2) is 9.78 Å². The lowest BCUT2D eigenvalue weighted by atomic mass is 9.76. The Morgan fingerprint density at radius 3 is 3.05 bits per heavy atom. The number of alkyl halides is 1. The van der Waals surface area contributed by atoms with Crippen LogP contribution in [0.3, 0.4) is 0 Å². The maximum absolute atomic E-state index is 12.1. The van der Waals surface area contributed by atoms with E-state index in [1.54, 1.807) is 18.0 Å². The molecule has 7 heteroatoms. The van der Waals surface area contributed by atoms with Gasteiger partial charge in [-0.1, -0.05) is 15.9 Å². The average molecular weight is 356 g/mol. The quantitative estimate of drug-likeness (QED) is 0.807. The van der Waals surface area contributed by atoms with Gasteiger partial charge in [0.15, 0.2) is 0 Å². The molecule has 6 nitrogen and oxygen atoms in total. The van der Waals surface area contributed by atoms with E-state index in [1.165, 1.54) is 0 Å². The first-order valence-electron chi connectivity index (χ1n) is 6.97. The highest BCUT2D eigenvalue weighted by Crippen LogP contribution is 2.39. The van der Waals surface area contributed by atoms with Crippen molar-refractivity contribution < 1.29 is 14.6 Å². The molecular formula is C14H18BrN3O3. The number of carbonyl (C=O) groups excluding carboxylic acids is 1. The number of pyridine rings is 1. The Balaban J connectivity index is 1.83. The molecule has 0 spiro atoms. The van der Waals surface area contributed by atoms with Crippen LogP contribution in [0.25, 0.3) is 0 Å². The van der Waals surface area contributed by atoms with Crippen LogP contribution in [0.5, 0.6) is 5.75 Å². The van der Waals surface area contributed by atoms with Gasteiger partial charge in [0.2, 0.25) is 0 Å². The molecular weight excluding hydrogens is 338 g/mol. The molecule has 1 fully saturated rings. The van der Waals surface area contributed by atoms with Gasteiger partial charge in [0.1, 0.15) is 11.6 Å². The summed E-state index contributed by atoms with van der Waals surface area (Å²) in [6, 6.07) is 1.76. The summed E-state index contributed by atoms with van der Waals surface area (Å²) in [6.45, 7) is 2.81. The fourth-order valence-electron chi connectivity index (χ4n) is 2.89. The predicted octanol–water partition coefficient (Wildman–Crippen LogP) is 1.80. The summed E-state index contributed by atoms with van der Waals surface area (Å²) in [4.78, 5) is 18.2. The van der Waals surface area contributed by atoms with Crippen LogP contribution in [-0.2, 0) is 6.54 Å². The smallest absolute Gasteiger partial charge is 0.323 e. The summed E-state index contributed by atoms with van der Waals surface area (Å²) in [5.74, 6) is 1.37. The topological polar surface area (TPSA) is 74.7 Å².